The molecular weight excluding hydrogens is 989 g/mol. The molecule has 73 heavy (non-hydrogen) atoms. The van der Waals surface area contributed by atoms with Gasteiger partial charge in [0.15, 0.2) is 0 Å². The second-order valence-electron chi connectivity index (χ2n) is 23.0. The number of nitrogens with one attached hydrogen (secondary N) is 3. The van der Waals surface area contributed by atoms with Gasteiger partial charge >= 0.3 is 6.09 Å². The molecule has 4 aliphatic heterocycles. The van der Waals surface area contributed by atoms with Crippen molar-refractivity contribution >= 4 is 83.4 Å². The van der Waals surface area contributed by atoms with E-state index in [0.29, 0.717) is 49.8 Å². The van der Waals surface area contributed by atoms with Gasteiger partial charge in [-0.25, -0.2) is 14.8 Å². The monoisotopic (exact) mass is 1060 g/mol. The third-order valence-corrected chi connectivity index (χ3v) is 21.6. The van der Waals surface area contributed by atoms with Crippen molar-refractivity contribution in [1.29, 1.82) is 0 Å². The van der Waals surface area contributed by atoms with Crippen LogP contribution in [0.4, 0.5) is 4.79 Å². The summed E-state index contributed by atoms with van der Waals surface area (Å²) in [5.41, 5.74) is 6.29. The molecule has 4 fully saturated rings. The summed E-state index contributed by atoms with van der Waals surface area (Å²) in [7, 11) is 0. The van der Waals surface area contributed by atoms with E-state index in [4.69, 9.17) is 14.7 Å². The number of amides is 1. The third kappa shape index (κ3) is 11.3. The molecule has 2 unspecified atom stereocenters. The Hall–Kier alpha value is -4.03. The molecule has 12 rings (SSSR count). The Labute approximate surface area is 446 Å². The van der Waals surface area contributed by atoms with Crippen molar-refractivity contribution in [3.8, 4) is 21.1 Å². The molecule has 6 aromatic heterocycles. The fourth-order valence-corrected chi connectivity index (χ4v) is 18.2. The molecule has 2 saturated carbocycles. The molecule has 2 aliphatic carbocycles. The van der Waals surface area contributed by atoms with Crippen LogP contribution in [0.25, 0.3) is 41.6 Å². The van der Waals surface area contributed by atoms with E-state index in [9.17, 15) is 14.4 Å². The molecular formula is C57H72N8O4S4. The maximum absolute atomic E-state index is 13.3. The van der Waals surface area contributed by atoms with Gasteiger partial charge in [0.1, 0.15) is 38.2 Å². The summed E-state index contributed by atoms with van der Waals surface area (Å²) in [5.74, 6) is 5.81. The number of hydrogen-bond acceptors (Lipinski definition) is 15. The average molecular weight is 1060 g/mol. The van der Waals surface area contributed by atoms with E-state index in [2.05, 4.69) is 39.8 Å². The van der Waals surface area contributed by atoms with E-state index in [0.717, 1.165) is 114 Å². The Bertz CT molecular complexity index is 2880. The Morgan fingerprint density at radius 3 is 1.67 bits per heavy atom. The van der Waals surface area contributed by atoms with Crippen LogP contribution in [0.5, 0.6) is 0 Å². The van der Waals surface area contributed by atoms with Crippen molar-refractivity contribution in [2.24, 2.45) is 35.5 Å². The summed E-state index contributed by atoms with van der Waals surface area (Å²) in [6, 6.07) is 4.27. The van der Waals surface area contributed by atoms with Crippen LogP contribution in [-0.2, 0) is 40.0 Å². The van der Waals surface area contributed by atoms with Gasteiger partial charge in [0.25, 0.3) is 0 Å². The SMILES string of the molecule is C[C@@H]1c2sc(CC(=O)CCCC3C[C@H]4CNC[C@H]4C3)c(-c3nc4cnccc4s3)c2CCN1C(=O)OC(C)(C)C.C[C@H]1NCCc2c1sc(CC(=O)CCCC1C[C@H]3CNC[C@H]3C1)c2-c1nc2cnccc2s1. The van der Waals surface area contributed by atoms with Gasteiger partial charge in [0.05, 0.1) is 27.8 Å². The standard InChI is InChI=1S/C31H40N4O3S2.C26H32N4OS2/c1-18-28-23(9-11-35(18)30(37)38-31(2,3)4)27(29-34-24-17-32-10-8-25(24)40-29)26(39-28)14-22(36)7-5-6-19-12-20-15-33-16-21(20)13-19;1-15-25-20(5-8-29-15)24(26-30-21-14-27-7-6-22(21)33-26)23(32-25)11-19(31)4-2-3-16-9-17-12-28-13-18(17)10-16/h8,10,17-21,33H,5-7,9,11-16H2,1-4H3;6-7,14-18,28-29H,2-5,8-13H2,1H3/t18-,19?,20-,21+;15-,16?,17-,18+/m11/s1. The van der Waals surface area contributed by atoms with Gasteiger partial charge in [-0.15, -0.1) is 45.3 Å². The highest BCUT2D eigenvalue weighted by Crippen LogP contribution is 2.48. The van der Waals surface area contributed by atoms with E-state index >= 15 is 0 Å². The van der Waals surface area contributed by atoms with Crippen molar-refractivity contribution in [3.05, 3.63) is 67.6 Å². The number of carbonyl (C=O) groups excluding carboxylic acids is 3. The molecule has 0 radical (unpaired) electrons. The summed E-state index contributed by atoms with van der Waals surface area (Å²) in [4.78, 5) is 64.5. The number of thiophene rings is 2. The fraction of sp³-hybridized carbons (Fsp3) is 0.596. The second kappa shape index (κ2) is 21.9. The highest BCUT2D eigenvalue weighted by Gasteiger charge is 2.39. The molecule has 3 N–H and O–H groups in total. The Kier molecular flexibility index (Phi) is 15.3. The van der Waals surface area contributed by atoms with Crippen LogP contribution in [0.2, 0.25) is 0 Å². The van der Waals surface area contributed by atoms with Crippen LogP contribution in [-0.4, -0.2) is 87.4 Å². The lowest BCUT2D eigenvalue weighted by atomic mass is 9.95. The smallest absolute Gasteiger partial charge is 0.410 e. The quantitative estimate of drug-likeness (QED) is 0.0956. The minimum Gasteiger partial charge on any atom is -0.444 e. The lowest BCUT2D eigenvalue weighted by Crippen LogP contribution is -2.41. The molecule has 388 valence electrons. The Morgan fingerprint density at radius 1 is 0.685 bits per heavy atom. The Morgan fingerprint density at radius 2 is 1.18 bits per heavy atom. The van der Waals surface area contributed by atoms with E-state index < -0.39 is 5.60 Å². The van der Waals surface area contributed by atoms with Gasteiger partial charge in [0.2, 0.25) is 0 Å². The number of pyridine rings is 2. The lowest BCUT2D eigenvalue weighted by Gasteiger charge is -2.35. The van der Waals surface area contributed by atoms with Crippen molar-refractivity contribution in [2.45, 2.75) is 142 Å². The van der Waals surface area contributed by atoms with E-state index in [1.54, 1.807) is 46.4 Å². The zero-order valence-corrected chi connectivity index (χ0v) is 46.5. The number of nitrogens with zero attached hydrogens (tertiary/aromatic N) is 5. The highest BCUT2D eigenvalue weighted by atomic mass is 32.1. The fourth-order valence-electron chi connectivity index (χ4n) is 13.2. The van der Waals surface area contributed by atoms with Crippen LogP contribution in [0, 0.1) is 35.5 Å². The van der Waals surface area contributed by atoms with Crippen LogP contribution in [0.15, 0.2) is 36.9 Å². The van der Waals surface area contributed by atoms with Crippen LogP contribution >= 0.6 is 45.3 Å². The van der Waals surface area contributed by atoms with Gasteiger partial charge in [-0.3, -0.25) is 19.6 Å². The van der Waals surface area contributed by atoms with Crippen LogP contribution in [0.1, 0.15) is 142 Å². The number of rotatable bonds is 14. The van der Waals surface area contributed by atoms with E-state index in [1.165, 1.54) is 91.1 Å². The summed E-state index contributed by atoms with van der Waals surface area (Å²) < 4.78 is 7.97. The van der Waals surface area contributed by atoms with Crippen molar-refractivity contribution in [2.75, 3.05) is 39.3 Å². The number of aromatic nitrogens is 4. The van der Waals surface area contributed by atoms with Crippen LogP contribution < -0.4 is 16.0 Å². The zero-order chi connectivity index (χ0) is 50.4. The van der Waals surface area contributed by atoms with Gasteiger partial charge in [-0.05, 0) is 177 Å². The minimum absolute atomic E-state index is 0.112. The van der Waals surface area contributed by atoms with Crippen molar-refractivity contribution < 1.29 is 19.1 Å². The Balaban J connectivity index is 0.000000160. The van der Waals surface area contributed by atoms with Crippen LogP contribution in [0.3, 0.4) is 0 Å². The maximum Gasteiger partial charge on any atom is 0.410 e. The lowest BCUT2D eigenvalue weighted by molar-refractivity contribution is -0.119. The third-order valence-electron chi connectivity index (χ3n) is 16.7. The first-order chi connectivity index (χ1) is 35.3. The molecule has 10 heterocycles. The number of ketones is 2. The maximum atomic E-state index is 13.3. The average Bonchev–Trinajstić information content (AvgIpc) is 4.21. The second-order valence-corrected chi connectivity index (χ2v) is 27.3. The molecule has 0 aromatic carbocycles. The summed E-state index contributed by atoms with van der Waals surface area (Å²) in [6.07, 6.45) is 20.8. The van der Waals surface area contributed by atoms with E-state index in [-0.39, 0.29) is 12.1 Å². The van der Waals surface area contributed by atoms with E-state index in [1.807, 2.05) is 61.5 Å². The first-order valence-corrected chi connectivity index (χ1v) is 30.5. The molecule has 12 nitrogen and oxygen atoms in total. The summed E-state index contributed by atoms with van der Waals surface area (Å²) in [6.45, 7) is 16.3. The van der Waals surface area contributed by atoms with Gasteiger partial charge in [0, 0.05) is 81.3 Å². The largest absolute Gasteiger partial charge is 0.444 e. The summed E-state index contributed by atoms with van der Waals surface area (Å²) >= 11 is 6.91. The molecule has 0 spiro atoms. The van der Waals surface area contributed by atoms with Crippen molar-refractivity contribution in [1.82, 2.24) is 40.8 Å². The molecule has 6 aromatic rings. The molecule has 8 atom stereocenters. The molecule has 16 heteroatoms. The summed E-state index contributed by atoms with van der Waals surface area (Å²) in [5, 5.41) is 12.7. The van der Waals surface area contributed by atoms with Gasteiger partial charge < -0.3 is 25.6 Å². The molecule has 6 aliphatic rings. The number of thiazole rings is 2. The number of Topliss-reactive ketones (excluding diaryl/α,β-unsaturated/α-hetero) is 2. The predicted molar refractivity (Wildman–Crippen MR) is 297 cm³/mol. The number of carbonyl (C=O) groups is 3. The van der Waals surface area contributed by atoms with Crippen molar-refractivity contribution in [3.63, 3.8) is 0 Å². The number of hydrogen-bond donors (Lipinski definition) is 3. The minimum atomic E-state index is -0.543. The molecule has 2 saturated heterocycles. The first-order valence-electron chi connectivity index (χ1n) is 27.2. The highest BCUT2D eigenvalue weighted by molar-refractivity contribution is 7.22. The van der Waals surface area contributed by atoms with Gasteiger partial charge in [-0.1, -0.05) is 12.8 Å². The molecule has 0 bridgehead atoms. The topological polar surface area (TPSA) is 151 Å². The predicted octanol–water partition coefficient (Wildman–Crippen LogP) is 12.0. The normalized spacial score (nSPS) is 25.4. The zero-order valence-electron chi connectivity index (χ0n) is 43.2. The number of ether oxygens (including phenoxy) is 1. The first kappa shape index (κ1) is 51.1. The van der Waals surface area contributed by atoms with Gasteiger partial charge in [-0.2, -0.15) is 0 Å². The number of fused-ring (bicyclic) bond motifs is 6. The molecule has 1 amide bonds.